The summed E-state index contributed by atoms with van der Waals surface area (Å²) < 4.78 is 1.24. The molecule has 0 amide bonds. The maximum atomic E-state index is 3.75. The van der Waals surface area contributed by atoms with Gasteiger partial charge in [0.05, 0.1) is 4.83 Å². The van der Waals surface area contributed by atoms with Crippen molar-refractivity contribution in [2.24, 2.45) is 5.92 Å². The molecular weight excluding hydrogens is 312 g/mol. The number of alkyl halides is 1. The molecule has 0 aliphatic heterocycles. The van der Waals surface area contributed by atoms with Gasteiger partial charge in [0, 0.05) is 14.2 Å². The van der Waals surface area contributed by atoms with Crippen molar-refractivity contribution in [1.29, 1.82) is 0 Å². The zero-order valence-corrected chi connectivity index (χ0v) is 12.1. The van der Waals surface area contributed by atoms with E-state index in [1.165, 1.54) is 20.6 Å². The summed E-state index contributed by atoms with van der Waals surface area (Å²) in [6.45, 7) is 6.66. The first-order valence-electron chi connectivity index (χ1n) is 4.46. The van der Waals surface area contributed by atoms with Crippen LogP contribution in [0.3, 0.4) is 0 Å². The Morgan fingerprint density at radius 2 is 2.15 bits per heavy atom. The Kier molecular flexibility index (Phi) is 4.46. The zero-order valence-electron chi connectivity index (χ0n) is 8.10. The van der Waals surface area contributed by atoms with Crippen LogP contribution in [0, 0.1) is 12.8 Å². The van der Waals surface area contributed by atoms with Crippen molar-refractivity contribution in [3.05, 3.63) is 20.3 Å². The van der Waals surface area contributed by atoms with Crippen LogP contribution in [0.4, 0.5) is 0 Å². The molecule has 0 nitrogen and oxygen atoms in total. The summed E-state index contributed by atoms with van der Waals surface area (Å²) in [5, 5.41) is 0. The van der Waals surface area contributed by atoms with Crippen molar-refractivity contribution in [3.63, 3.8) is 0 Å². The first-order valence-corrected chi connectivity index (χ1v) is 6.98. The SMILES string of the molecule is CCC(C)C(Br)c1cc(Br)c(C)s1. The fraction of sp³-hybridized carbons (Fsp3) is 0.600. The van der Waals surface area contributed by atoms with E-state index in [9.17, 15) is 0 Å². The minimum absolute atomic E-state index is 0.507. The average molecular weight is 326 g/mol. The molecule has 1 rings (SSSR count). The van der Waals surface area contributed by atoms with Gasteiger partial charge in [0.1, 0.15) is 0 Å². The summed E-state index contributed by atoms with van der Waals surface area (Å²) >= 11 is 9.17. The third-order valence-corrected chi connectivity index (χ3v) is 6.21. The first kappa shape index (κ1) is 11.7. The lowest BCUT2D eigenvalue weighted by atomic mass is 10.0. The highest BCUT2D eigenvalue weighted by atomic mass is 79.9. The highest BCUT2D eigenvalue weighted by molar-refractivity contribution is 9.10. The molecule has 0 aliphatic carbocycles. The monoisotopic (exact) mass is 324 g/mol. The molecule has 1 aromatic heterocycles. The molecule has 0 fully saturated rings. The van der Waals surface area contributed by atoms with Gasteiger partial charge in [0.25, 0.3) is 0 Å². The number of aryl methyl sites for hydroxylation is 1. The molecule has 0 saturated carbocycles. The van der Waals surface area contributed by atoms with Gasteiger partial charge in [-0.1, -0.05) is 36.2 Å². The maximum absolute atomic E-state index is 3.75. The predicted molar refractivity (Wildman–Crippen MR) is 67.9 cm³/mol. The molecule has 2 unspecified atom stereocenters. The second-order valence-electron chi connectivity index (χ2n) is 3.34. The van der Waals surface area contributed by atoms with Gasteiger partial charge < -0.3 is 0 Å². The van der Waals surface area contributed by atoms with Crippen molar-refractivity contribution >= 4 is 43.2 Å². The standard InChI is InChI=1S/C10H14Br2S/c1-4-6(2)10(12)9-5-8(11)7(3)13-9/h5-6,10H,4H2,1-3H3. The third-order valence-electron chi connectivity index (χ3n) is 2.29. The van der Waals surface area contributed by atoms with E-state index in [1.54, 1.807) is 0 Å². The van der Waals surface area contributed by atoms with Gasteiger partial charge in [-0.3, -0.25) is 0 Å². The Hall–Kier alpha value is 0.660. The van der Waals surface area contributed by atoms with Crippen LogP contribution in [-0.4, -0.2) is 0 Å². The molecule has 0 bridgehead atoms. The van der Waals surface area contributed by atoms with Gasteiger partial charge in [-0.05, 0) is 34.8 Å². The molecule has 13 heavy (non-hydrogen) atoms. The van der Waals surface area contributed by atoms with Crippen molar-refractivity contribution in [3.8, 4) is 0 Å². The second kappa shape index (κ2) is 4.94. The van der Waals surface area contributed by atoms with Crippen molar-refractivity contribution < 1.29 is 0 Å². The van der Waals surface area contributed by atoms with Crippen LogP contribution in [0.2, 0.25) is 0 Å². The van der Waals surface area contributed by atoms with E-state index in [-0.39, 0.29) is 0 Å². The fourth-order valence-electron chi connectivity index (χ4n) is 1.10. The first-order chi connectivity index (χ1) is 6.06. The molecule has 0 aromatic carbocycles. The molecule has 1 aromatic rings. The van der Waals surface area contributed by atoms with Gasteiger partial charge in [-0.25, -0.2) is 0 Å². The van der Waals surface area contributed by atoms with E-state index in [0.717, 1.165) is 0 Å². The van der Waals surface area contributed by atoms with E-state index in [1.807, 2.05) is 11.3 Å². The van der Waals surface area contributed by atoms with Crippen molar-refractivity contribution in [2.45, 2.75) is 32.0 Å². The van der Waals surface area contributed by atoms with Gasteiger partial charge >= 0.3 is 0 Å². The van der Waals surface area contributed by atoms with E-state index in [0.29, 0.717) is 10.7 Å². The molecule has 0 aliphatic rings. The normalized spacial score (nSPS) is 15.8. The highest BCUT2D eigenvalue weighted by Gasteiger charge is 2.17. The molecule has 2 atom stereocenters. The van der Waals surface area contributed by atoms with Crippen molar-refractivity contribution in [1.82, 2.24) is 0 Å². The minimum Gasteiger partial charge on any atom is -0.143 e. The van der Waals surface area contributed by atoms with Crippen LogP contribution in [-0.2, 0) is 0 Å². The maximum Gasteiger partial charge on any atom is 0.0515 e. The Morgan fingerprint density at radius 1 is 1.54 bits per heavy atom. The Morgan fingerprint density at radius 3 is 2.54 bits per heavy atom. The number of thiophene rings is 1. The molecule has 1 heterocycles. The zero-order chi connectivity index (χ0) is 10.0. The molecule has 0 saturated heterocycles. The summed E-state index contributed by atoms with van der Waals surface area (Å²) in [5.41, 5.74) is 0. The molecule has 3 heteroatoms. The van der Waals surface area contributed by atoms with Gasteiger partial charge in [-0.2, -0.15) is 0 Å². The largest absolute Gasteiger partial charge is 0.143 e. The van der Waals surface area contributed by atoms with Crippen LogP contribution in [0.15, 0.2) is 10.5 Å². The topological polar surface area (TPSA) is 0 Å². The summed E-state index contributed by atoms with van der Waals surface area (Å²) in [6, 6.07) is 2.23. The van der Waals surface area contributed by atoms with Crippen LogP contribution in [0.5, 0.6) is 0 Å². The Labute approximate surface area is 101 Å². The lowest BCUT2D eigenvalue weighted by molar-refractivity contribution is 0.560. The van der Waals surface area contributed by atoms with Crippen LogP contribution < -0.4 is 0 Å². The van der Waals surface area contributed by atoms with Crippen LogP contribution in [0.25, 0.3) is 0 Å². The Bertz CT molecular complexity index is 261. The molecule has 0 radical (unpaired) electrons. The third kappa shape index (κ3) is 2.80. The molecule has 74 valence electrons. The number of hydrogen-bond donors (Lipinski definition) is 0. The fourth-order valence-corrected chi connectivity index (χ4v) is 3.56. The van der Waals surface area contributed by atoms with Gasteiger partial charge in [0.2, 0.25) is 0 Å². The quantitative estimate of drug-likeness (QED) is 0.661. The highest BCUT2D eigenvalue weighted by Crippen LogP contribution is 2.39. The van der Waals surface area contributed by atoms with E-state index in [4.69, 9.17) is 0 Å². The lowest BCUT2D eigenvalue weighted by Gasteiger charge is -2.14. The van der Waals surface area contributed by atoms with E-state index < -0.39 is 0 Å². The summed E-state index contributed by atoms with van der Waals surface area (Å²) in [5.74, 6) is 0.699. The van der Waals surface area contributed by atoms with E-state index in [2.05, 4.69) is 58.7 Å². The van der Waals surface area contributed by atoms with Gasteiger partial charge in [-0.15, -0.1) is 11.3 Å². The van der Waals surface area contributed by atoms with Crippen molar-refractivity contribution in [2.75, 3.05) is 0 Å². The van der Waals surface area contributed by atoms with Crippen LogP contribution in [0.1, 0.15) is 34.8 Å². The van der Waals surface area contributed by atoms with E-state index >= 15 is 0 Å². The summed E-state index contributed by atoms with van der Waals surface area (Å²) in [4.78, 5) is 3.30. The molecular formula is C10H14Br2S. The number of hydrogen-bond acceptors (Lipinski definition) is 1. The predicted octanol–water partition coefficient (Wildman–Crippen LogP) is 5.30. The lowest BCUT2D eigenvalue weighted by Crippen LogP contribution is -1.99. The minimum atomic E-state index is 0.507. The average Bonchev–Trinajstić information content (AvgIpc) is 2.44. The summed E-state index contributed by atoms with van der Waals surface area (Å²) in [6.07, 6.45) is 1.21. The second-order valence-corrected chi connectivity index (χ2v) is 6.47. The Balaban J connectivity index is 2.82. The number of halogens is 2. The van der Waals surface area contributed by atoms with Gasteiger partial charge in [0.15, 0.2) is 0 Å². The number of rotatable bonds is 3. The molecule has 0 N–H and O–H groups in total. The smallest absolute Gasteiger partial charge is 0.0515 e. The summed E-state index contributed by atoms with van der Waals surface area (Å²) in [7, 11) is 0. The van der Waals surface area contributed by atoms with Crippen LogP contribution >= 0.6 is 43.2 Å². The molecule has 0 spiro atoms.